The molecule has 0 spiro atoms. The highest BCUT2D eigenvalue weighted by Crippen LogP contribution is 2.24. The third kappa shape index (κ3) is 3.56. The molecule has 1 heterocycles. The summed E-state index contributed by atoms with van der Waals surface area (Å²) in [6.45, 7) is 4.22. The first-order valence-electron chi connectivity index (χ1n) is 8.24. The van der Waals surface area contributed by atoms with Crippen LogP contribution < -0.4 is 10.6 Å². The van der Waals surface area contributed by atoms with Crippen molar-refractivity contribution < 1.29 is 4.79 Å². The molecule has 0 saturated heterocycles. The topological polar surface area (TPSA) is 69.8 Å². The smallest absolute Gasteiger partial charge is 0.319 e. The number of nitrogens with zero attached hydrogens (tertiary/aromatic N) is 1. The average Bonchev–Trinajstić information content (AvgIpc) is 3.03. The van der Waals surface area contributed by atoms with Gasteiger partial charge in [0.25, 0.3) is 0 Å². The summed E-state index contributed by atoms with van der Waals surface area (Å²) in [4.78, 5) is 20.3. The number of carbonyl (C=O) groups is 1. The molecule has 0 aliphatic carbocycles. The molecule has 2 atom stereocenters. The van der Waals surface area contributed by atoms with Gasteiger partial charge in [0, 0.05) is 5.69 Å². The number of benzene rings is 2. The van der Waals surface area contributed by atoms with E-state index in [2.05, 4.69) is 34.4 Å². The number of amides is 2. The van der Waals surface area contributed by atoms with Crippen molar-refractivity contribution in [2.24, 2.45) is 5.92 Å². The fraction of sp³-hybridized carbons (Fsp3) is 0.263. The number of fused-ring (bicyclic) bond motifs is 1. The van der Waals surface area contributed by atoms with E-state index in [-0.39, 0.29) is 18.0 Å². The molecule has 3 aromatic rings. The first-order valence-corrected chi connectivity index (χ1v) is 8.24. The second-order valence-corrected chi connectivity index (χ2v) is 5.97. The van der Waals surface area contributed by atoms with E-state index in [0.29, 0.717) is 0 Å². The van der Waals surface area contributed by atoms with Gasteiger partial charge in [-0.25, -0.2) is 9.78 Å². The number of para-hydroxylation sites is 3. The maximum Gasteiger partial charge on any atom is 0.319 e. The van der Waals surface area contributed by atoms with Crippen LogP contribution in [0.3, 0.4) is 0 Å². The van der Waals surface area contributed by atoms with Crippen LogP contribution in [-0.4, -0.2) is 16.0 Å². The van der Waals surface area contributed by atoms with E-state index in [1.54, 1.807) is 0 Å². The van der Waals surface area contributed by atoms with Crippen molar-refractivity contribution in [2.75, 3.05) is 5.32 Å². The molecule has 124 valence electrons. The number of carbonyl (C=O) groups excluding carboxylic acids is 1. The highest BCUT2D eigenvalue weighted by molar-refractivity contribution is 5.89. The number of urea groups is 1. The number of anilines is 1. The van der Waals surface area contributed by atoms with Crippen molar-refractivity contribution in [1.82, 2.24) is 15.3 Å². The molecule has 2 amide bonds. The van der Waals surface area contributed by atoms with E-state index in [1.165, 1.54) is 0 Å². The maximum atomic E-state index is 12.4. The molecule has 24 heavy (non-hydrogen) atoms. The van der Waals surface area contributed by atoms with Gasteiger partial charge < -0.3 is 15.6 Å². The van der Waals surface area contributed by atoms with Gasteiger partial charge in [0.1, 0.15) is 5.82 Å². The summed E-state index contributed by atoms with van der Waals surface area (Å²) in [7, 11) is 0. The predicted octanol–water partition coefficient (Wildman–Crippen LogP) is 4.47. The molecular weight excluding hydrogens is 300 g/mol. The SMILES string of the molecule is CC[C@H](C)[C@H](NC(=O)Nc1ccccc1)c1nc2ccccc2[nH]1. The maximum absolute atomic E-state index is 12.4. The minimum Gasteiger partial charge on any atom is -0.340 e. The second-order valence-electron chi connectivity index (χ2n) is 5.97. The van der Waals surface area contributed by atoms with Crippen molar-refractivity contribution in [1.29, 1.82) is 0 Å². The van der Waals surface area contributed by atoms with Gasteiger partial charge in [0.15, 0.2) is 0 Å². The summed E-state index contributed by atoms with van der Waals surface area (Å²) in [5.41, 5.74) is 2.65. The molecule has 5 heteroatoms. The lowest BCUT2D eigenvalue weighted by molar-refractivity contribution is 0.242. The van der Waals surface area contributed by atoms with Crippen LogP contribution in [0.1, 0.15) is 32.1 Å². The van der Waals surface area contributed by atoms with Crippen LogP contribution in [-0.2, 0) is 0 Å². The van der Waals surface area contributed by atoms with Crippen molar-refractivity contribution in [2.45, 2.75) is 26.3 Å². The zero-order chi connectivity index (χ0) is 16.9. The zero-order valence-electron chi connectivity index (χ0n) is 13.9. The molecule has 0 aliphatic rings. The Morgan fingerprint density at radius 3 is 2.54 bits per heavy atom. The molecule has 0 bridgehead atoms. The first kappa shape index (κ1) is 16.1. The summed E-state index contributed by atoms with van der Waals surface area (Å²) in [5, 5.41) is 5.91. The lowest BCUT2D eigenvalue weighted by Gasteiger charge is -2.22. The van der Waals surface area contributed by atoms with Gasteiger partial charge in [-0.3, -0.25) is 0 Å². The number of imidazole rings is 1. The first-order chi connectivity index (χ1) is 11.7. The van der Waals surface area contributed by atoms with Crippen LogP contribution in [0.4, 0.5) is 10.5 Å². The number of aromatic nitrogens is 2. The third-order valence-corrected chi connectivity index (χ3v) is 4.23. The molecule has 0 aliphatic heterocycles. The minimum absolute atomic E-state index is 0.175. The molecule has 3 rings (SSSR count). The van der Waals surface area contributed by atoms with Crippen molar-refractivity contribution >= 4 is 22.8 Å². The lowest BCUT2D eigenvalue weighted by Crippen LogP contribution is -2.36. The fourth-order valence-electron chi connectivity index (χ4n) is 2.67. The van der Waals surface area contributed by atoms with E-state index in [9.17, 15) is 4.79 Å². The zero-order valence-corrected chi connectivity index (χ0v) is 13.9. The van der Waals surface area contributed by atoms with E-state index in [4.69, 9.17) is 0 Å². The van der Waals surface area contributed by atoms with Gasteiger partial charge >= 0.3 is 6.03 Å². The Bertz CT molecular complexity index is 779. The number of H-pyrrole nitrogens is 1. The fourth-order valence-corrected chi connectivity index (χ4v) is 2.67. The van der Waals surface area contributed by atoms with E-state index < -0.39 is 0 Å². The normalized spacial score (nSPS) is 13.4. The third-order valence-electron chi connectivity index (χ3n) is 4.23. The number of hydrogen-bond donors (Lipinski definition) is 3. The molecule has 0 fully saturated rings. The van der Waals surface area contributed by atoms with Gasteiger partial charge in [-0.1, -0.05) is 50.6 Å². The Hall–Kier alpha value is -2.82. The number of nitrogens with one attached hydrogen (secondary N) is 3. The van der Waals surface area contributed by atoms with E-state index in [1.807, 2.05) is 54.6 Å². The van der Waals surface area contributed by atoms with Crippen LogP contribution in [0.2, 0.25) is 0 Å². The summed E-state index contributed by atoms with van der Waals surface area (Å²) in [6, 6.07) is 16.9. The van der Waals surface area contributed by atoms with E-state index in [0.717, 1.165) is 29.0 Å². The summed E-state index contributed by atoms with van der Waals surface area (Å²) < 4.78 is 0. The Morgan fingerprint density at radius 1 is 1.12 bits per heavy atom. The van der Waals surface area contributed by atoms with Gasteiger partial charge in [-0.15, -0.1) is 0 Å². The monoisotopic (exact) mass is 322 g/mol. The van der Waals surface area contributed by atoms with Crippen LogP contribution in [0.25, 0.3) is 11.0 Å². The molecule has 0 unspecified atom stereocenters. The number of rotatable bonds is 5. The largest absolute Gasteiger partial charge is 0.340 e. The highest BCUT2D eigenvalue weighted by atomic mass is 16.2. The van der Waals surface area contributed by atoms with Crippen LogP contribution in [0.5, 0.6) is 0 Å². The molecule has 3 N–H and O–H groups in total. The molecule has 2 aromatic carbocycles. The minimum atomic E-state index is -0.230. The van der Waals surface area contributed by atoms with Crippen LogP contribution in [0.15, 0.2) is 54.6 Å². The van der Waals surface area contributed by atoms with Crippen molar-refractivity contribution in [3.8, 4) is 0 Å². The van der Waals surface area contributed by atoms with E-state index >= 15 is 0 Å². The molecule has 0 radical (unpaired) electrons. The summed E-state index contributed by atoms with van der Waals surface area (Å²) in [5.74, 6) is 1.04. The Balaban J connectivity index is 1.80. The summed E-state index contributed by atoms with van der Waals surface area (Å²) in [6.07, 6.45) is 0.938. The number of hydrogen-bond acceptors (Lipinski definition) is 2. The van der Waals surface area contributed by atoms with Gasteiger partial charge in [-0.2, -0.15) is 0 Å². The molecule has 1 aromatic heterocycles. The average molecular weight is 322 g/mol. The van der Waals surface area contributed by atoms with Gasteiger partial charge in [0.2, 0.25) is 0 Å². The molecule has 5 nitrogen and oxygen atoms in total. The number of aromatic amines is 1. The van der Waals surface area contributed by atoms with Crippen molar-refractivity contribution in [3.05, 3.63) is 60.4 Å². The molecular formula is C19H22N4O. The predicted molar refractivity (Wildman–Crippen MR) is 96.9 cm³/mol. The standard InChI is InChI=1S/C19H22N4O/c1-3-13(2)17(18-21-15-11-7-8-12-16(15)22-18)23-19(24)20-14-9-5-4-6-10-14/h4-13,17H,3H2,1-2H3,(H,21,22)(H2,20,23,24)/t13-,17-/m0/s1. The Labute approximate surface area is 141 Å². The van der Waals surface area contributed by atoms with Gasteiger partial charge in [0.05, 0.1) is 17.1 Å². The lowest BCUT2D eigenvalue weighted by atomic mass is 9.99. The van der Waals surface area contributed by atoms with Gasteiger partial charge in [-0.05, 0) is 30.2 Å². The van der Waals surface area contributed by atoms with Crippen molar-refractivity contribution in [3.63, 3.8) is 0 Å². The van der Waals surface area contributed by atoms with Crippen LogP contribution >= 0.6 is 0 Å². The summed E-state index contributed by atoms with van der Waals surface area (Å²) >= 11 is 0. The Morgan fingerprint density at radius 2 is 1.83 bits per heavy atom. The molecule has 0 saturated carbocycles. The highest BCUT2D eigenvalue weighted by Gasteiger charge is 2.23. The second kappa shape index (κ2) is 7.17. The van der Waals surface area contributed by atoms with Crippen LogP contribution in [0, 0.1) is 5.92 Å². The quantitative estimate of drug-likeness (QED) is 0.648. The Kier molecular flexibility index (Phi) is 4.79.